The Balaban J connectivity index is 1.27. The topological polar surface area (TPSA) is 85.3 Å². The van der Waals surface area contributed by atoms with Crippen LogP contribution in [0, 0.1) is 0 Å². The number of carbonyl (C=O) groups is 2. The largest absolute Gasteiger partial charge is 0.446 e. The van der Waals surface area contributed by atoms with Crippen LogP contribution in [0.2, 0.25) is 0 Å². The Bertz CT molecular complexity index is 832. The van der Waals surface area contributed by atoms with Crippen molar-refractivity contribution >= 4 is 12.1 Å². The van der Waals surface area contributed by atoms with Crippen LogP contribution in [-0.2, 0) is 17.7 Å². The summed E-state index contributed by atoms with van der Waals surface area (Å²) < 4.78 is 5.51. The molecule has 8 nitrogen and oxygen atoms in total. The number of benzene rings is 1. The Morgan fingerprint density at radius 3 is 2.41 bits per heavy atom. The Kier molecular flexibility index (Phi) is 6.62. The highest BCUT2D eigenvalue weighted by Gasteiger charge is 2.40. The molecule has 176 valence electrons. The number of nitrogens with zero attached hydrogens (tertiary/aromatic N) is 3. The fourth-order valence-electron chi connectivity index (χ4n) is 4.94. The number of nitrogens with one attached hydrogen (secondary N) is 1. The molecule has 32 heavy (non-hydrogen) atoms. The molecule has 2 N–H and O–H groups in total. The molecule has 4 rings (SSSR count). The second kappa shape index (κ2) is 9.27. The van der Waals surface area contributed by atoms with E-state index < -0.39 is 12.2 Å². The number of amides is 3. The van der Waals surface area contributed by atoms with Crippen LogP contribution in [0.5, 0.6) is 0 Å². The van der Waals surface area contributed by atoms with E-state index >= 15 is 0 Å². The van der Waals surface area contributed by atoms with Crippen molar-refractivity contribution in [1.29, 1.82) is 0 Å². The normalized spacial score (nSPS) is 24.9. The molecule has 2 saturated heterocycles. The molecule has 3 aliphatic rings. The molecule has 0 unspecified atom stereocenters. The van der Waals surface area contributed by atoms with Gasteiger partial charge in [-0.15, -0.1) is 0 Å². The fraction of sp³-hybridized carbons (Fsp3) is 0.667. The summed E-state index contributed by atoms with van der Waals surface area (Å²) in [7, 11) is 0. The van der Waals surface area contributed by atoms with Crippen molar-refractivity contribution in [1.82, 2.24) is 20.0 Å². The van der Waals surface area contributed by atoms with E-state index in [1.165, 1.54) is 11.1 Å². The number of piperidine rings is 1. The van der Waals surface area contributed by atoms with Gasteiger partial charge < -0.3 is 25.0 Å². The highest BCUT2D eigenvalue weighted by atomic mass is 16.6. The van der Waals surface area contributed by atoms with E-state index in [1.807, 2.05) is 25.7 Å². The first-order valence-electron chi connectivity index (χ1n) is 11.7. The van der Waals surface area contributed by atoms with Crippen LogP contribution in [0.1, 0.15) is 44.7 Å². The number of fused-ring (bicyclic) bond motifs is 1. The van der Waals surface area contributed by atoms with Crippen LogP contribution in [0.25, 0.3) is 0 Å². The van der Waals surface area contributed by atoms with Crippen LogP contribution in [0.15, 0.2) is 24.3 Å². The quantitative estimate of drug-likeness (QED) is 0.731. The lowest BCUT2D eigenvalue weighted by Crippen LogP contribution is -2.49. The van der Waals surface area contributed by atoms with Crippen molar-refractivity contribution in [2.75, 3.05) is 32.7 Å². The Labute approximate surface area is 190 Å². The van der Waals surface area contributed by atoms with Gasteiger partial charge in [0.05, 0.1) is 12.1 Å². The summed E-state index contributed by atoms with van der Waals surface area (Å²) in [5, 5.41) is 13.5. The molecule has 2 atom stereocenters. The maximum absolute atomic E-state index is 13.1. The van der Waals surface area contributed by atoms with Crippen LogP contribution in [0.4, 0.5) is 9.59 Å². The summed E-state index contributed by atoms with van der Waals surface area (Å²) in [5.74, 6) is 0. The highest BCUT2D eigenvalue weighted by Crippen LogP contribution is 2.26. The molecular weight excluding hydrogens is 408 g/mol. The minimum Gasteiger partial charge on any atom is -0.446 e. The predicted octanol–water partition coefficient (Wildman–Crippen LogP) is 2.20. The number of hydrogen-bond acceptors (Lipinski definition) is 5. The molecule has 3 heterocycles. The molecule has 0 bridgehead atoms. The lowest BCUT2D eigenvalue weighted by molar-refractivity contribution is 0.0502. The van der Waals surface area contributed by atoms with Gasteiger partial charge in [0.2, 0.25) is 0 Å². The average Bonchev–Trinajstić information content (AvgIpc) is 3.13. The van der Waals surface area contributed by atoms with Gasteiger partial charge in [0.25, 0.3) is 0 Å². The lowest BCUT2D eigenvalue weighted by Gasteiger charge is -2.36. The summed E-state index contributed by atoms with van der Waals surface area (Å²) >= 11 is 0. The number of urea groups is 1. The molecule has 0 aromatic heterocycles. The minimum atomic E-state index is -0.536. The number of aliphatic hydroxyl groups excluding tert-OH is 1. The number of β-amino-alcohol motifs (C(OH)–C–C–N with tert-alkyl or cyclic N) is 1. The summed E-state index contributed by atoms with van der Waals surface area (Å²) in [6.07, 6.45) is 1.12. The van der Waals surface area contributed by atoms with Gasteiger partial charge in [0.1, 0.15) is 6.10 Å². The number of hydrogen-bond donors (Lipinski definition) is 2. The highest BCUT2D eigenvalue weighted by molar-refractivity contribution is 5.75. The number of rotatable bonds is 2. The molecule has 0 spiro atoms. The fourth-order valence-corrected chi connectivity index (χ4v) is 4.94. The van der Waals surface area contributed by atoms with Gasteiger partial charge in [-0.1, -0.05) is 24.3 Å². The Morgan fingerprint density at radius 1 is 1.03 bits per heavy atom. The zero-order chi connectivity index (χ0) is 22.9. The first kappa shape index (κ1) is 22.9. The smallest absolute Gasteiger partial charge is 0.407 e. The van der Waals surface area contributed by atoms with Gasteiger partial charge in [-0.25, -0.2) is 9.59 Å². The lowest BCUT2D eigenvalue weighted by atomic mass is 9.98. The second-order valence-electron chi connectivity index (χ2n) is 10.3. The zero-order valence-corrected chi connectivity index (χ0v) is 19.4. The van der Waals surface area contributed by atoms with Crippen molar-refractivity contribution in [2.45, 2.75) is 70.4 Å². The third-order valence-corrected chi connectivity index (χ3v) is 6.62. The number of ether oxygens (including phenoxy) is 1. The van der Waals surface area contributed by atoms with Gasteiger partial charge in [-0.05, 0) is 38.3 Å². The van der Waals surface area contributed by atoms with E-state index in [9.17, 15) is 14.7 Å². The number of carbonyl (C=O) groups excluding carboxylic acids is 2. The summed E-state index contributed by atoms with van der Waals surface area (Å²) in [4.78, 5) is 31.0. The average molecular weight is 445 g/mol. The first-order valence-corrected chi connectivity index (χ1v) is 11.7. The van der Waals surface area contributed by atoms with Crippen molar-refractivity contribution in [3.8, 4) is 0 Å². The molecule has 0 radical (unpaired) electrons. The predicted molar refractivity (Wildman–Crippen MR) is 121 cm³/mol. The van der Waals surface area contributed by atoms with Crippen LogP contribution < -0.4 is 5.32 Å². The molecular formula is C24H36N4O4. The van der Waals surface area contributed by atoms with Gasteiger partial charge >= 0.3 is 12.1 Å². The second-order valence-corrected chi connectivity index (χ2v) is 10.3. The van der Waals surface area contributed by atoms with Crippen LogP contribution >= 0.6 is 0 Å². The molecule has 3 aliphatic heterocycles. The van der Waals surface area contributed by atoms with E-state index in [-0.39, 0.29) is 23.7 Å². The van der Waals surface area contributed by atoms with E-state index in [4.69, 9.17) is 4.74 Å². The standard InChI is InChI=1S/C24H36N4O4/c1-24(2,3)25-22(30)32-19-9-12-26(13-10-19)23(31)28-15-20(21(29)16-28)27-11-8-17-6-4-5-7-18(17)14-27/h4-7,19-21,29H,8-16H2,1-3H3,(H,25,30)/t20-,21-/m1/s1. The van der Waals surface area contributed by atoms with Gasteiger partial charge in [-0.2, -0.15) is 0 Å². The third-order valence-electron chi connectivity index (χ3n) is 6.62. The molecule has 1 aromatic rings. The minimum absolute atomic E-state index is 0.0263. The van der Waals surface area contributed by atoms with Gasteiger partial charge in [0.15, 0.2) is 0 Å². The molecule has 0 aliphatic carbocycles. The SMILES string of the molecule is CC(C)(C)NC(=O)OC1CCN(C(=O)N2C[C@@H](O)[C@H](N3CCc4ccccc4C3)C2)CC1. The Hall–Kier alpha value is -2.32. The molecule has 0 saturated carbocycles. The first-order chi connectivity index (χ1) is 15.2. The Morgan fingerprint density at radius 2 is 1.72 bits per heavy atom. The van der Waals surface area contributed by atoms with Crippen LogP contribution in [-0.4, -0.2) is 88.4 Å². The summed E-state index contributed by atoms with van der Waals surface area (Å²) in [5.41, 5.74) is 2.36. The van der Waals surface area contributed by atoms with Crippen molar-refractivity contribution < 1.29 is 19.4 Å². The maximum Gasteiger partial charge on any atom is 0.407 e. The zero-order valence-electron chi connectivity index (χ0n) is 19.4. The number of aliphatic hydroxyl groups is 1. The van der Waals surface area contributed by atoms with Gasteiger partial charge in [-0.3, -0.25) is 4.90 Å². The maximum atomic E-state index is 13.1. The van der Waals surface area contributed by atoms with Gasteiger partial charge in [0, 0.05) is 57.6 Å². The van der Waals surface area contributed by atoms with Crippen molar-refractivity contribution in [2.24, 2.45) is 0 Å². The van der Waals surface area contributed by atoms with E-state index in [1.54, 1.807) is 4.90 Å². The van der Waals surface area contributed by atoms with E-state index in [0.717, 1.165) is 19.5 Å². The van der Waals surface area contributed by atoms with Crippen molar-refractivity contribution in [3.05, 3.63) is 35.4 Å². The van der Waals surface area contributed by atoms with E-state index in [0.29, 0.717) is 39.0 Å². The monoisotopic (exact) mass is 444 g/mol. The molecule has 8 heteroatoms. The van der Waals surface area contributed by atoms with Crippen LogP contribution in [0.3, 0.4) is 0 Å². The molecule has 2 fully saturated rings. The number of likely N-dealkylation sites (tertiary alicyclic amines) is 2. The van der Waals surface area contributed by atoms with E-state index in [2.05, 4.69) is 34.5 Å². The van der Waals surface area contributed by atoms with Crippen molar-refractivity contribution in [3.63, 3.8) is 0 Å². The summed E-state index contributed by atoms with van der Waals surface area (Å²) in [6.45, 7) is 9.49. The number of alkyl carbamates (subject to hydrolysis) is 1. The summed E-state index contributed by atoms with van der Waals surface area (Å²) in [6, 6.07) is 8.40. The molecule has 3 amide bonds. The molecule has 1 aromatic carbocycles. The third kappa shape index (κ3) is 5.35.